The minimum atomic E-state index is -0.337. The zero-order valence-corrected chi connectivity index (χ0v) is 16.2. The van der Waals surface area contributed by atoms with Gasteiger partial charge in [0.2, 0.25) is 0 Å². The van der Waals surface area contributed by atoms with E-state index in [1.54, 1.807) is 22.8 Å². The smallest absolute Gasteiger partial charge is 0.342 e. The Kier molecular flexibility index (Phi) is 4.81. The molecule has 0 amide bonds. The first-order chi connectivity index (χ1) is 13.5. The molecule has 28 heavy (non-hydrogen) atoms. The number of hydrogen-bond acceptors (Lipinski definition) is 8. The predicted molar refractivity (Wildman–Crippen MR) is 105 cm³/mol. The first-order valence-electron chi connectivity index (χ1n) is 9.38. The van der Waals surface area contributed by atoms with E-state index in [4.69, 9.17) is 4.74 Å². The van der Waals surface area contributed by atoms with E-state index >= 15 is 0 Å². The van der Waals surface area contributed by atoms with E-state index in [9.17, 15) is 4.79 Å². The Hall–Kier alpha value is -3.23. The zero-order valence-electron chi connectivity index (χ0n) is 16.2. The standard InChI is InChI=1S/C19H23N7O2/c1-13(2)28-19(27)15-5-4-8-20-18(15)25-11-9-24(10-12-25)17-7-6-16-22-21-14(3)26(16)23-17/h4-8,13H,9-12H2,1-3H3. The minimum Gasteiger partial charge on any atom is -0.459 e. The number of piperazine rings is 1. The maximum Gasteiger partial charge on any atom is 0.342 e. The maximum absolute atomic E-state index is 12.4. The molecule has 0 atom stereocenters. The SMILES string of the molecule is Cc1nnc2ccc(N3CCN(c4ncccc4C(=O)OC(C)C)CC3)nn12. The van der Waals surface area contributed by atoms with Crippen molar-refractivity contribution in [2.24, 2.45) is 0 Å². The van der Waals surface area contributed by atoms with Gasteiger partial charge < -0.3 is 14.5 Å². The summed E-state index contributed by atoms with van der Waals surface area (Å²) in [6.45, 7) is 8.58. The molecule has 0 bridgehead atoms. The first kappa shape index (κ1) is 18.1. The normalized spacial score (nSPS) is 14.7. The molecule has 0 aromatic carbocycles. The molecule has 9 nitrogen and oxygen atoms in total. The molecule has 0 aliphatic carbocycles. The number of rotatable bonds is 4. The van der Waals surface area contributed by atoms with Crippen LogP contribution in [-0.4, -0.2) is 63.0 Å². The van der Waals surface area contributed by atoms with Gasteiger partial charge in [-0.05, 0) is 45.0 Å². The summed E-state index contributed by atoms with van der Waals surface area (Å²) in [5.41, 5.74) is 1.24. The summed E-state index contributed by atoms with van der Waals surface area (Å²) in [5, 5.41) is 12.8. The lowest BCUT2D eigenvalue weighted by Gasteiger charge is -2.36. The second-order valence-corrected chi connectivity index (χ2v) is 7.01. The summed E-state index contributed by atoms with van der Waals surface area (Å²) in [6, 6.07) is 7.42. The minimum absolute atomic E-state index is 0.167. The first-order valence-corrected chi connectivity index (χ1v) is 9.38. The Labute approximate surface area is 162 Å². The van der Waals surface area contributed by atoms with Crippen LogP contribution in [0.4, 0.5) is 11.6 Å². The van der Waals surface area contributed by atoms with E-state index in [1.165, 1.54) is 0 Å². The molecule has 1 aliphatic heterocycles. The van der Waals surface area contributed by atoms with Crippen LogP contribution in [0.3, 0.4) is 0 Å². The summed E-state index contributed by atoms with van der Waals surface area (Å²) in [4.78, 5) is 21.2. The summed E-state index contributed by atoms with van der Waals surface area (Å²) < 4.78 is 7.11. The van der Waals surface area contributed by atoms with Crippen molar-refractivity contribution in [2.45, 2.75) is 26.9 Å². The number of hydrogen-bond donors (Lipinski definition) is 0. The molecule has 3 aromatic heterocycles. The number of aromatic nitrogens is 5. The van der Waals surface area contributed by atoms with E-state index in [1.807, 2.05) is 32.9 Å². The number of nitrogens with zero attached hydrogens (tertiary/aromatic N) is 7. The van der Waals surface area contributed by atoms with Gasteiger partial charge in [-0.1, -0.05) is 0 Å². The van der Waals surface area contributed by atoms with E-state index in [0.717, 1.165) is 43.5 Å². The molecular weight excluding hydrogens is 358 g/mol. The number of esters is 1. The van der Waals surface area contributed by atoms with Crippen molar-refractivity contribution >= 4 is 23.3 Å². The summed E-state index contributed by atoms with van der Waals surface area (Å²) in [5.74, 6) is 1.98. The van der Waals surface area contributed by atoms with Crippen LogP contribution in [0.15, 0.2) is 30.5 Å². The van der Waals surface area contributed by atoms with Gasteiger partial charge in [0.15, 0.2) is 11.5 Å². The van der Waals surface area contributed by atoms with Crippen LogP contribution >= 0.6 is 0 Å². The van der Waals surface area contributed by atoms with Crippen molar-refractivity contribution in [3.63, 3.8) is 0 Å². The highest BCUT2D eigenvalue weighted by Crippen LogP contribution is 2.22. The third-order valence-electron chi connectivity index (χ3n) is 4.66. The summed E-state index contributed by atoms with van der Waals surface area (Å²) in [7, 11) is 0. The second kappa shape index (κ2) is 7.41. The Morgan fingerprint density at radius 2 is 1.82 bits per heavy atom. The van der Waals surface area contributed by atoms with Crippen molar-refractivity contribution < 1.29 is 9.53 Å². The topological polar surface area (TPSA) is 88.8 Å². The van der Waals surface area contributed by atoms with E-state index in [2.05, 4.69) is 30.1 Å². The third-order valence-corrected chi connectivity index (χ3v) is 4.66. The average Bonchev–Trinajstić information content (AvgIpc) is 3.08. The van der Waals surface area contributed by atoms with Crippen molar-refractivity contribution in [3.8, 4) is 0 Å². The number of ether oxygens (including phenoxy) is 1. The zero-order chi connectivity index (χ0) is 19.7. The Balaban J connectivity index is 1.50. The molecular formula is C19H23N7O2. The quantitative estimate of drug-likeness (QED) is 0.631. The van der Waals surface area contributed by atoms with Gasteiger partial charge in [-0.25, -0.2) is 9.78 Å². The molecule has 1 saturated heterocycles. The van der Waals surface area contributed by atoms with E-state index in [-0.39, 0.29) is 12.1 Å². The molecule has 0 radical (unpaired) electrons. The predicted octanol–water partition coefficient (Wildman–Crippen LogP) is 1.72. The molecule has 0 N–H and O–H groups in total. The van der Waals surface area contributed by atoms with Gasteiger partial charge >= 0.3 is 5.97 Å². The fourth-order valence-corrected chi connectivity index (χ4v) is 3.29. The number of carbonyl (C=O) groups is 1. The number of pyridine rings is 1. The van der Waals surface area contributed by atoms with Gasteiger partial charge in [0.05, 0.1) is 6.10 Å². The highest BCUT2D eigenvalue weighted by molar-refractivity contribution is 5.94. The number of anilines is 2. The highest BCUT2D eigenvalue weighted by Gasteiger charge is 2.24. The largest absolute Gasteiger partial charge is 0.459 e. The summed E-state index contributed by atoms with van der Waals surface area (Å²) in [6.07, 6.45) is 1.54. The molecule has 146 valence electrons. The maximum atomic E-state index is 12.4. The molecule has 0 unspecified atom stereocenters. The molecule has 4 rings (SSSR count). The lowest BCUT2D eigenvalue weighted by atomic mass is 10.2. The molecule has 1 aliphatic rings. The fraction of sp³-hybridized carbons (Fsp3) is 0.421. The second-order valence-electron chi connectivity index (χ2n) is 7.01. The summed E-state index contributed by atoms with van der Waals surface area (Å²) >= 11 is 0. The van der Waals surface area contributed by atoms with Crippen LogP contribution in [-0.2, 0) is 4.74 Å². The van der Waals surface area contributed by atoms with Crippen molar-refractivity contribution in [1.29, 1.82) is 0 Å². The van der Waals surface area contributed by atoms with Crippen LogP contribution in [0, 0.1) is 6.92 Å². The Bertz CT molecular complexity index is 993. The van der Waals surface area contributed by atoms with Gasteiger partial charge in [-0.2, -0.15) is 4.52 Å². The van der Waals surface area contributed by atoms with Crippen LogP contribution < -0.4 is 9.80 Å². The van der Waals surface area contributed by atoms with Crippen molar-refractivity contribution in [1.82, 2.24) is 24.8 Å². The van der Waals surface area contributed by atoms with E-state index < -0.39 is 0 Å². The average molecular weight is 381 g/mol. The fourth-order valence-electron chi connectivity index (χ4n) is 3.29. The molecule has 4 heterocycles. The molecule has 0 saturated carbocycles. The lowest BCUT2D eigenvalue weighted by Crippen LogP contribution is -2.47. The van der Waals surface area contributed by atoms with Crippen molar-refractivity contribution in [3.05, 3.63) is 41.9 Å². The van der Waals surface area contributed by atoms with Gasteiger partial charge in [0, 0.05) is 32.4 Å². The number of aryl methyl sites for hydroxylation is 1. The number of fused-ring (bicyclic) bond motifs is 1. The highest BCUT2D eigenvalue weighted by atomic mass is 16.5. The monoisotopic (exact) mass is 381 g/mol. The van der Waals surface area contributed by atoms with Gasteiger partial charge in [0.1, 0.15) is 17.2 Å². The molecule has 1 fully saturated rings. The molecule has 0 spiro atoms. The lowest BCUT2D eigenvalue weighted by molar-refractivity contribution is 0.0378. The molecule has 3 aromatic rings. The van der Waals surface area contributed by atoms with Crippen molar-refractivity contribution in [2.75, 3.05) is 36.0 Å². The molecule has 9 heteroatoms. The van der Waals surface area contributed by atoms with Crippen LogP contribution in [0.1, 0.15) is 30.0 Å². The Morgan fingerprint density at radius 1 is 1.07 bits per heavy atom. The van der Waals surface area contributed by atoms with Gasteiger partial charge in [-0.3, -0.25) is 0 Å². The Morgan fingerprint density at radius 3 is 2.57 bits per heavy atom. The van der Waals surface area contributed by atoms with Gasteiger partial charge in [-0.15, -0.1) is 15.3 Å². The van der Waals surface area contributed by atoms with Crippen LogP contribution in [0.25, 0.3) is 5.65 Å². The van der Waals surface area contributed by atoms with E-state index in [0.29, 0.717) is 11.4 Å². The van der Waals surface area contributed by atoms with Gasteiger partial charge in [0.25, 0.3) is 0 Å². The van der Waals surface area contributed by atoms with Crippen LogP contribution in [0.5, 0.6) is 0 Å². The third kappa shape index (κ3) is 3.47. The number of carbonyl (C=O) groups excluding carboxylic acids is 1. The van der Waals surface area contributed by atoms with Crippen LogP contribution in [0.2, 0.25) is 0 Å².